The van der Waals surface area contributed by atoms with Crippen LogP contribution >= 0.6 is 0 Å². The molecule has 2 aliphatic rings. The molecule has 1 amide bonds. The average molecular weight is 436 g/mol. The van der Waals surface area contributed by atoms with Gasteiger partial charge in [0.2, 0.25) is 5.91 Å². The van der Waals surface area contributed by atoms with Crippen LogP contribution in [0.1, 0.15) is 62.3 Å². The number of aromatic nitrogens is 1. The quantitative estimate of drug-likeness (QED) is 0.704. The molecule has 2 saturated heterocycles. The Hall–Kier alpha value is -2.24. The number of amides is 1. The molecule has 0 radical (unpaired) electrons. The molecule has 2 fully saturated rings. The first-order chi connectivity index (χ1) is 15.6. The van der Waals surface area contributed by atoms with Gasteiger partial charge in [0.05, 0.1) is 17.7 Å². The lowest BCUT2D eigenvalue weighted by Gasteiger charge is -2.37. The van der Waals surface area contributed by atoms with Crippen molar-refractivity contribution < 1.29 is 9.53 Å². The number of carbonyl (C=O) groups excluding carboxylic acids is 1. The van der Waals surface area contributed by atoms with E-state index in [0.29, 0.717) is 31.7 Å². The first-order valence-corrected chi connectivity index (χ1v) is 12.1. The Morgan fingerprint density at radius 2 is 2.06 bits per heavy atom. The topological polar surface area (TPSA) is 54.5 Å². The molecule has 3 heterocycles. The molecule has 5 heteroatoms. The van der Waals surface area contributed by atoms with E-state index in [1.807, 2.05) is 18.2 Å². The Morgan fingerprint density at radius 1 is 1.22 bits per heavy atom. The lowest BCUT2D eigenvalue weighted by molar-refractivity contribution is -0.136. The number of nitrogens with zero attached hydrogens (tertiary/aromatic N) is 2. The predicted octanol–water partition coefficient (Wildman–Crippen LogP) is 4.33. The molecule has 0 bridgehead atoms. The number of hydrogen-bond acceptors (Lipinski definition) is 4. The Morgan fingerprint density at radius 3 is 2.81 bits per heavy atom. The van der Waals surface area contributed by atoms with Gasteiger partial charge >= 0.3 is 0 Å². The molecule has 4 rings (SSSR count). The van der Waals surface area contributed by atoms with E-state index >= 15 is 0 Å². The number of rotatable bonds is 7. The van der Waals surface area contributed by atoms with Gasteiger partial charge in [-0.15, -0.1) is 0 Å². The zero-order chi connectivity index (χ0) is 22.4. The van der Waals surface area contributed by atoms with E-state index in [1.54, 1.807) is 6.20 Å². The van der Waals surface area contributed by atoms with Crippen LogP contribution in [0, 0.1) is 5.41 Å². The Kier molecular flexibility index (Phi) is 7.59. The van der Waals surface area contributed by atoms with Gasteiger partial charge in [-0.3, -0.25) is 9.78 Å². The zero-order valence-electron chi connectivity index (χ0n) is 19.6. The number of pyridine rings is 1. The highest BCUT2D eigenvalue weighted by Gasteiger charge is 2.40. The van der Waals surface area contributed by atoms with E-state index < -0.39 is 5.41 Å². The summed E-state index contributed by atoms with van der Waals surface area (Å²) in [5, 5.41) is 3.16. The first-order valence-electron chi connectivity index (χ1n) is 12.1. The van der Waals surface area contributed by atoms with Crippen LogP contribution in [0.4, 0.5) is 0 Å². The maximum atomic E-state index is 13.4. The third kappa shape index (κ3) is 5.57. The molecule has 32 heavy (non-hydrogen) atoms. The lowest BCUT2D eigenvalue weighted by atomic mass is 9.74. The van der Waals surface area contributed by atoms with Gasteiger partial charge in [0, 0.05) is 32.0 Å². The molecular weight excluding hydrogens is 398 g/mol. The van der Waals surface area contributed by atoms with E-state index in [0.717, 1.165) is 31.5 Å². The van der Waals surface area contributed by atoms with Crippen molar-refractivity contribution in [3.05, 3.63) is 65.5 Å². The maximum absolute atomic E-state index is 13.4. The van der Waals surface area contributed by atoms with Crippen LogP contribution in [0.5, 0.6) is 0 Å². The van der Waals surface area contributed by atoms with Gasteiger partial charge in [-0.2, -0.15) is 0 Å². The molecular formula is C27H37N3O2. The third-order valence-electron chi connectivity index (χ3n) is 7.24. The van der Waals surface area contributed by atoms with Gasteiger partial charge in [0.15, 0.2) is 0 Å². The summed E-state index contributed by atoms with van der Waals surface area (Å²) < 4.78 is 5.63. The van der Waals surface area contributed by atoms with Crippen molar-refractivity contribution >= 4 is 5.91 Å². The number of hydrogen-bond donors (Lipinski definition) is 1. The standard InChI is InChI=1S/C27H37N3O2/c1-21(2)30-14-6-9-24(20-30)23-8-5-7-22(17-23)18-27(11-15-32-16-12-27)26(31)29-19-25-10-3-4-13-28-25/h3-5,7-8,10,13,17,21,24H,6,9,11-12,14-16,18-20H2,1-2H3,(H,29,31)/t24-/m1/s1. The van der Waals surface area contributed by atoms with Crippen molar-refractivity contribution in [1.29, 1.82) is 0 Å². The van der Waals surface area contributed by atoms with E-state index in [1.165, 1.54) is 30.5 Å². The van der Waals surface area contributed by atoms with Crippen molar-refractivity contribution in [2.45, 2.75) is 64.5 Å². The fraction of sp³-hybridized carbons (Fsp3) is 0.556. The lowest BCUT2D eigenvalue weighted by Crippen LogP contribution is -2.46. The summed E-state index contributed by atoms with van der Waals surface area (Å²) >= 11 is 0. The predicted molar refractivity (Wildman–Crippen MR) is 127 cm³/mol. The molecule has 1 aromatic heterocycles. The van der Waals surface area contributed by atoms with Crippen molar-refractivity contribution in [2.75, 3.05) is 26.3 Å². The Bertz CT molecular complexity index is 877. The minimum atomic E-state index is -0.414. The third-order valence-corrected chi connectivity index (χ3v) is 7.24. The van der Waals surface area contributed by atoms with Crippen LogP contribution in [0.2, 0.25) is 0 Å². The highest BCUT2D eigenvalue weighted by Crippen LogP contribution is 2.36. The number of benzene rings is 1. The fourth-order valence-corrected chi connectivity index (χ4v) is 5.20. The summed E-state index contributed by atoms with van der Waals surface area (Å²) in [5.74, 6) is 0.704. The van der Waals surface area contributed by atoms with Crippen LogP contribution in [-0.2, 0) is 22.5 Å². The normalized spacial score (nSPS) is 21.4. The second kappa shape index (κ2) is 10.6. The van der Waals surface area contributed by atoms with Crippen LogP contribution in [0.3, 0.4) is 0 Å². The van der Waals surface area contributed by atoms with E-state index in [-0.39, 0.29) is 5.91 Å². The molecule has 2 aromatic rings. The molecule has 172 valence electrons. The Balaban J connectivity index is 1.48. The molecule has 1 atom stereocenters. The molecule has 0 spiro atoms. The van der Waals surface area contributed by atoms with Crippen LogP contribution in [0.25, 0.3) is 0 Å². The minimum Gasteiger partial charge on any atom is -0.381 e. The summed E-state index contributed by atoms with van der Waals surface area (Å²) in [4.78, 5) is 20.3. The first kappa shape index (κ1) is 22.9. The largest absolute Gasteiger partial charge is 0.381 e. The molecule has 0 unspecified atom stereocenters. The fourth-order valence-electron chi connectivity index (χ4n) is 5.20. The summed E-state index contributed by atoms with van der Waals surface area (Å²) in [6.45, 7) is 8.66. The van der Waals surface area contributed by atoms with Crippen molar-refractivity contribution in [2.24, 2.45) is 5.41 Å². The summed E-state index contributed by atoms with van der Waals surface area (Å²) in [6, 6.07) is 15.4. The van der Waals surface area contributed by atoms with Crippen LogP contribution in [0.15, 0.2) is 48.7 Å². The molecule has 5 nitrogen and oxygen atoms in total. The van der Waals surface area contributed by atoms with Gasteiger partial charge in [0.25, 0.3) is 0 Å². The van der Waals surface area contributed by atoms with Gasteiger partial charge in [-0.05, 0) is 81.7 Å². The number of nitrogens with one attached hydrogen (secondary N) is 1. The second-order valence-corrected chi connectivity index (χ2v) is 9.75. The summed E-state index contributed by atoms with van der Waals surface area (Å²) in [6.07, 6.45) is 6.55. The smallest absolute Gasteiger partial charge is 0.227 e. The van der Waals surface area contributed by atoms with Gasteiger partial charge < -0.3 is 15.0 Å². The Labute approximate surface area is 192 Å². The number of ether oxygens (including phenoxy) is 1. The summed E-state index contributed by atoms with van der Waals surface area (Å²) in [5.41, 5.74) is 3.16. The van der Waals surface area contributed by atoms with E-state index in [9.17, 15) is 4.79 Å². The number of carbonyl (C=O) groups is 1. The second-order valence-electron chi connectivity index (χ2n) is 9.75. The highest BCUT2D eigenvalue weighted by atomic mass is 16.5. The van der Waals surface area contributed by atoms with Crippen LogP contribution < -0.4 is 5.32 Å². The van der Waals surface area contributed by atoms with E-state index in [4.69, 9.17) is 4.74 Å². The molecule has 0 aliphatic carbocycles. The maximum Gasteiger partial charge on any atom is 0.227 e. The molecule has 1 N–H and O–H groups in total. The van der Waals surface area contributed by atoms with Gasteiger partial charge in [-0.25, -0.2) is 0 Å². The minimum absolute atomic E-state index is 0.125. The van der Waals surface area contributed by atoms with Crippen molar-refractivity contribution in [3.63, 3.8) is 0 Å². The van der Waals surface area contributed by atoms with Crippen molar-refractivity contribution in [3.8, 4) is 0 Å². The van der Waals surface area contributed by atoms with Crippen molar-refractivity contribution in [1.82, 2.24) is 15.2 Å². The van der Waals surface area contributed by atoms with Gasteiger partial charge in [0.1, 0.15) is 0 Å². The monoisotopic (exact) mass is 435 g/mol. The average Bonchev–Trinajstić information content (AvgIpc) is 2.84. The molecule has 1 aromatic carbocycles. The van der Waals surface area contributed by atoms with E-state index in [2.05, 4.69) is 53.3 Å². The zero-order valence-corrected chi connectivity index (χ0v) is 19.6. The van der Waals surface area contributed by atoms with Gasteiger partial charge in [-0.1, -0.05) is 30.3 Å². The molecule has 2 aliphatic heterocycles. The summed E-state index contributed by atoms with van der Waals surface area (Å²) in [7, 11) is 0. The highest BCUT2D eigenvalue weighted by molar-refractivity contribution is 5.83. The SMILES string of the molecule is CC(C)N1CCC[C@@H](c2cccc(CC3(C(=O)NCc4ccccn4)CCOCC3)c2)C1. The number of likely N-dealkylation sites (tertiary alicyclic amines) is 1. The molecule has 0 saturated carbocycles. The van der Waals surface area contributed by atoms with Crippen LogP contribution in [-0.4, -0.2) is 48.1 Å². The number of piperidine rings is 1.